The first kappa shape index (κ1) is 37.8. The summed E-state index contributed by atoms with van der Waals surface area (Å²) in [6.07, 6.45) is 41.5. The lowest BCUT2D eigenvalue weighted by Crippen LogP contribution is -2.32. The van der Waals surface area contributed by atoms with Crippen molar-refractivity contribution in [3.63, 3.8) is 0 Å². The highest BCUT2D eigenvalue weighted by Crippen LogP contribution is 2.47. The predicted octanol–water partition coefficient (Wildman–Crippen LogP) is 14.2. The Hall–Kier alpha value is -0.0400. The fourth-order valence-electron chi connectivity index (χ4n) is 11.5. The van der Waals surface area contributed by atoms with Gasteiger partial charge in [-0.05, 0) is 123 Å². The van der Waals surface area contributed by atoms with Gasteiger partial charge >= 0.3 is 0 Å². The molecule has 1 nitrogen and oxygen atoms in total. The van der Waals surface area contributed by atoms with E-state index in [9.17, 15) is 0 Å². The van der Waals surface area contributed by atoms with E-state index in [2.05, 4.69) is 27.7 Å². The molecule has 1 heteroatoms. The van der Waals surface area contributed by atoms with E-state index < -0.39 is 0 Å². The Kier molecular flexibility index (Phi) is 18.3. The predicted molar refractivity (Wildman–Crippen MR) is 198 cm³/mol. The average Bonchev–Trinajstić information content (AvgIpc) is 3.09. The highest BCUT2D eigenvalue weighted by atomic mass is 16.5. The second kappa shape index (κ2) is 21.8. The molecule has 0 spiro atoms. The molecule has 2 atom stereocenters. The highest BCUT2D eigenvalue weighted by molar-refractivity contribution is 4.87. The second-order valence-electron chi connectivity index (χ2n) is 17.4. The smallest absolute Gasteiger partial charge is 0.0468 e. The van der Waals surface area contributed by atoms with Crippen molar-refractivity contribution in [1.82, 2.24) is 0 Å². The minimum Gasteiger partial charge on any atom is -0.381 e. The van der Waals surface area contributed by atoms with Gasteiger partial charge in [-0.2, -0.15) is 0 Å². The molecule has 4 aliphatic carbocycles. The number of unbranched alkanes of at least 4 members (excludes halogenated alkanes) is 4. The van der Waals surface area contributed by atoms with Crippen LogP contribution < -0.4 is 0 Å². The molecule has 0 aromatic heterocycles. The van der Waals surface area contributed by atoms with Gasteiger partial charge in [0.05, 0.1) is 0 Å². The summed E-state index contributed by atoms with van der Waals surface area (Å²) < 4.78 is 6.72. The van der Waals surface area contributed by atoms with Crippen LogP contribution in [0, 0.1) is 59.2 Å². The summed E-state index contributed by atoms with van der Waals surface area (Å²) >= 11 is 0. The van der Waals surface area contributed by atoms with Gasteiger partial charge in [-0.25, -0.2) is 0 Å². The Labute approximate surface area is 284 Å². The van der Waals surface area contributed by atoms with Crippen molar-refractivity contribution in [2.45, 2.75) is 207 Å². The minimum absolute atomic E-state index is 0.947. The normalized spacial score (nSPS) is 34.4. The summed E-state index contributed by atoms with van der Waals surface area (Å²) in [5.74, 6) is 9.98. The van der Waals surface area contributed by atoms with Crippen LogP contribution in [0.25, 0.3) is 0 Å². The summed E-state index contributed by atoms with van der Waals surface area (Å²) in [5, 5.41) is 0. The largest absolute Gasteiger partial charge is 0.381 e. The van der Waals surface area contributed by atoms with E-state index in [1.165, 1.54) is 180 Å². The first-order valence-electron chi connectivity index (χ1n) is 21.7. The number of hydrogen-bond donors (Lipinski definition) is 0. The molecule has 0 radical (unpaired) electrons. The van der Waals surface area contributed by atoms with Gasteiger partial charge in [0.2, 0.25) is 0 Å². The summed E-state index contributed by atoms with van der Waals surface area (Å²) in [5.41, 5.74) is 0. The molecular formula is C44H82O. The lowest BCUT2D eigenvalue weighted by molar-refractivity contribution is 0.0371. The maximum absolute atomic E-state index is 6.72. The van der Waals surface area contributed by atoms with E-state index >= 15 is 0 Å². The van der Waals surface area contributed by atoms with Crippen LogP contribution >= 0.6 is 0 Å². The molecule has 45 heavy (non-hydrogen) atoms. The molecule has 2 unspecified atom stereocenters. The van der Waals surface area contributed by atoms with E-state index in [-0.39, 0.29) is 0 Å². The number of ether oxygens (including phenoxy) is 1. The highest BCUT2D eigenvalue weighted by Gasteiger charge is 2.36. The van der Waals surface area contributed by atoms with Crippen molar-refractivity contribution < 1.29 is 4.74 Å². The monoisotopic (exact) mass is 627 g/mol. The number of rotatable bonds is 20. The molecular weight excluding hydrogens is 544 g/mol. The van der Waals surface area contributed by atoms with Crippen molar-refractivity contribution in [3.05, 3.63) is 0 Å². The first-order chi connectivity index (χ1) is 22.1. The molecule has 0 aromatic rings. The van der Waals surface area contributed by atoms with E-state index in [0.29, 0.717) is 0 Å². The SMILES string of the molecule is CCCCCC1CCC(C(CCOCCC(C2CCC(CC)CC2)C2CCC(CCCCC)CC2)C2CCC(CC)CC2)CC1. The summed E-state index contributed by atoms with van der Waals surface area (Å²) in [6.45, 7) is 11.7. The standard InChI is InChI=1S/C44H82O/c1-5-9-11-13-37-19-27-41(28-20-37)43(39-23-15-35(7-3)16-24-39)31-33-45-34-32-44(40-25-17-36(8-4)18-26-40)42-29-21-38(22-30-42)14-12-10-6-2/h35-44H,5-34H2,1-4H3. The van der Waals surface area contributed by atoms with Crippen LogP contribution in [0.4, 0.5) is 0 Å². The Morgan fingerprint density at radius 3 is 1.00 bits per heavy atom. The van der Waals surface area contributed by atoms with Gasteiger partial charge in [-0.3, -0.25) is 0 Å². The fourth-order valence-corrected chi connectivity index (χ4v) is 11.5. The molecule has 0 saturated heterocycles. The maximum Gasteiger partial charge on any atom is 0.0468 e. The van der Waals surface area contributed by atoms with Crippen LogP contribution in [0.15, 0.2) is 0 Å². The van der Waals surface area contributed by atoms with Crippen molar-refractivity contribution >= 4 is 0 Å². The van der Waals surface area contributed by atoms with Crippen molar-refractivity contribution in [2.75, 3.05) is 13.2 Å². The van der Waals surface area contributed by atoms with Crippen molar-refractivity contribution in [1.29, 1.82) is 0 Å². The van der Waals surface area contributed by atoms with Gasteiger partial charge in [0.15, 0.2) is 0 Å². The molecule has 0 bridgehead atoms. The van der Waals surface area contributed by atoms with E-state index in [0.717, 1.165) is 72.4 Å². The maximum atomic E-state index is 6.72. The van der Waals surface area contributed by atoms with Gasteiger partial charge in [0.25, 0.3) is 0 Å². The minimum atomic E-state index is 0.947. The van der Waals surface area contributed by atoms with Gasteiger partial charge < -0.3 is 4.74 Å². The zero-order chi connectivity index (χ0) is 31.7. The lowest BCUT2D eigenvalue weighted by Gasteiger charge is -2.41. The lowest BCUT2D eigenvalue weighted by atomic mass is 9.65. The van der Waals surface area contributed by atoms with Crippen LogP contribution in [0.2, 0.25) is 0 Å². The zero-order valence-electron chi connectivity index (χ0n) is 31.4. The Morgan fingerprint density at radius 2 is 0.711 bits per heavy atom. The van der Waals surface area contributed by atoms with Gasteiger partial charge in [-0.15, -0.1) is 0 Å². The zero-order valence-corrected chi connectivity index (χ0v) is 31.4. The third kappa shape index (κ3) is 12.7. The van der Waals surface area contributed by atoms with Crippen LogP contribution in [-0.4, -0.2) is 13.2 Å². The van der Waals surface area contributed by atoms with Crippen molar-refractivity contribution in [2.24, 2.45) is 59.2 Å². The first-order valence-corrected chi connectivity index (χ1v) is 21.7. The molecule has 0 amide bonds. The summed E-state index contributed by atoms with van der Waals surface area (Å²) in [6, 6.07) is 0. The molecule has 4 fully saturated rings. The molecule has 0 aromatic carbocycles. The van der Waals surface area contributed by atoms with E-state index in [1.54, 1.807) is 0 Å². The van der Waals surface area contributed by atoms with Gasteiger partial charge in [0.1, 0.15) is 0 Å². The molecule has 4 saturated carbocycles. The summed E-state index contributed by atoms with van der Waals surface area (Å²) in [4.78, 5) is 0. The van der Waals surface area contributed by atoms with Crippen molar-refractivity contribution in [3.8, 4) is 0 Å². The third-order valence-electron chi connectivity index (χ3n) is 14.8. The van der Waals surface area contributed by atoms with Gasteiger partial charge in [0, 0.05) is 13.2 Å². The number of hydrogen-bond acceptors (Lipinski definition) is 1. The van der Waals surface area contributed by atoms with Crippen LogP contribution in [0.5, 0.6) is 0 Å². The van der Waals surface area contributed by atoms with Crippen LogP contribution in [-0.2, 0) is 4.74 Å². The Balaban J connectivity index is 1.26. The molecule has 4 rings (SSSR count). The molecule has 0 N–H and O–H groups in total. The molecule has 0 heterocycles. The van der Waals surface area contributed by atoms with E-state index in [1.807, 2.05) is 0 Å². The quantitative estimate of drug-likeness (QED) is 0.122. The second-order valence-corrected chi connectivity index (χ2v) is 17.4. The van der Waals surface area contributed by atoms with Gasteiger partial charge in [-0.1, -0.05) is 143 Å². The molecule has 0 aliphatic heterocycles. The molecule has 4 aliphatic rings. The Bertz CT molecular complexity index is 638. The van der Waals surface area contributed by atoms with E-state index in [4.69, 9.17) is 4.74 Å². The fraction of sp³-hybridized carbons (Fsp3) is 1.00. The topological polar surface area (TPSA) is 9.23 Å². The molecule has 264 valence electrons. The van der Waals surface area contributed by atoms with Crippen LogP contribution in [0.3, 0.4) is 0 Å². The average molecular weight is 627 g/mol. The summed E-state index contributed by atoms with van der Waals surface area (Å²) in [7, 11) is 0. The third-order valence-corrected chi connectivity index (χ3v) is 14.8. The Morgan fingerprint density at radius 1 is 0.400 bits per heavy atom. The van der Waals surface area contributed by atoms with Crippen LogP contribution in [0.1, 0.15) is 207 Å².